The zero-order chi connectivity index (χ0) is 21.3. The van der Waals surface area contributed by atoms with Crippen molar-refractivity contribution in [1.82, 2.24) is 10.2 Å². The predicted octanol–water partition coefficient (Wildman–Crippen LogP) is 4.28. The highest BCUT2D eigenvalue weighted by Crippen LogP contribution is 2.29. The molecule has 0 aliphatic carbocycles. The molecule has 1 heterocycles. The van der Waals surface area contributed by atoms with Gasteiger partial charge in [0, 0.05) is 31.8 Å². The van der Waals surface area contributed by atoms with Crippen molar-refractivity contribution in [2.45, 2.75) is 45.4 Å². The highest BCUT2D eigenvalue weighted by atomic mass is 16.5. The topological polar surface area (TPSA) is 50.8 Å². The Kier molecular flexibility index (Phi) is 7.91. The molecule has 0 bridgehead atoms. The molecule has 0 spiro atoms. The van der Waals surface area contributed by atoms with Crippen LogP contribution < -0.4 is 14.8 Å². The molecule has 2 aromatic rings. The number of hydrogen-bond donors (Lipinski definition) is 1. The van der Waals surface area contributed by atoms with Crippen LogP contribution in [0, 0.1) is 0 Å². The van der Waals surface area contributed by atoms with E-state index in [9.17, 15) is 4.79 Å². The Bertz CT molecular complexity index is 841. The minimum absolute atomic E-state index is 0.0574. The molecule has 2 aromatic carbocycles. The van der Waals surface area contributed by atoms with Crippen LogP contribution in [0.25, 0.3) is 6.08 Å². The Morgan fingerprint density at radius 1 is 1.13 bits per heavy atom. The quantitative estimate of drug-likeness (QED) is 0.663. The molecule has 1 aliphatic heterocycles. The summed E-state index contributed by atoms with van der Waals surface area (Å²) in [5.74, 6) is 1.31. The largest absolute Gasteiger partial charge is 0.493 e. The molecule has 160 valence electrons. The number of piperidine rings is 1. The molecule has 30 heavy (non-hydrogen) atoms. The van der Waals surface area contributed by atoms with Crippen LogP contribution >= 0.6 is 0 Å². The summed E-state index contributed by atoms with van der Waals surface area (Å²) in [5, 5.41) is 3.13. The van der Waals surface area contributed by atoms with Crippen LogP contribution in [-0.4, -0.2) is 43.2 Å². The van der Waals surface area contributed by atoms with Crippen molar-refractivity contribution in [1.29, 1.82) is 0 Å². The van der Waals surface area contributed by atoms with Gasteiger partial charge in [0.05, 0.1) is 13.2 Å². The van der Waals surface area contributed by atoms with Crippen LogP contribution in [0.5, 0.6) is 11.5 Å². The molecule has 0 radical (unpaired) electrons. The fourth-order valence-corrected chi connectivity index (χ4v) is 3.64. The SMILES string of the molecule is COc1cc(C=CC(=O)NC2CCN(Cc3ccccc3)CC2)ccc1OC(C)C. The van der Waals surface area contributed by atoms with Gasteiger partial charge in [-0.2, -0.15) is 0 Å². The molecule has 5 nitrogen and oxygen atoms in total. The number of carbonyl (C=O) groups is 1. The molecule has 0 atom stereocenters. The first kappa shape index (κ1) is 21.9. The van der Waals surface area contributed by atoms with Gasteiger partial charge in [-0.1, -0.05) is 36.4 Å². The van der Waals surface area contributed by atoms with Crippen molar-refractivity contribution in [2.75, 3.05) is 20.2 Å². The van der Waals surface area contributed by atoms with Gasteiger partial charge in [0.1, 0.15) is 0 Å². The van der Waals surface area contributed by atoms with E-state index in [4.69, 9.17) is 9.47 Å². The molecule has 5 heteroatoms. The van der Waals surface area contributed by atoms with E-state index in [-0.39, 0.29) is 18.1 Å². The van der Waals surface area contributed by atoms with E-state index in [0.29, 0.717) is 11.5 Å². The van der Waals surface area contributed by atoms with E-state index in [0.717, 1.165) is 38.0 Å². The average Bonchev–Trinajstić information content (AvgIpc) is 2.75. The van der Waals surface area contributed by atoms with Crippen LogP contribution in [0.15, 0.2) is 54.6 Å². The van der Waals surface area contributed by atoms with E-state index in [2.05, 4.69) is 34.5 Å². The summed E-state index contributed by atoms with van der Waals surface area (Å²) in [7, 11) is 1.62. The summed E-state index contributed by atoms with van der Waals surface area (Å²) in [6, 6.07) is 16.4. The number of methoxy groups -OCH3 is 1. The summed E-state index contributed by atoms with van der Waals surface area (Å²) in [5.41, 5.74) is 2.24. The summed E-state index contributed by atoms with van der Waals surface area (Å²) in [4.78, 5) is 14.8. The van der Waals surface area contributed by atoms with Crippen LogP contribution in [-0.2, 0) is 11.3 Å². The highest BCUT2D eigenvalue weighted by molar-refractivity contribution is 5.92. The number of rotatable bonds is 8. The highest BCUT2D eigenvalue weighted by Gasteiger charge is 2.20. The summed E-state index contributed by atoms with van der Waals surface area (Å²) in [6.45, 7) is 6.92. The molecule has 3 rings (SSSR count). The Morgan fingerprint density at radius 3 is 2.53 bits per heavy atom. The molecule has 0 saturated carbocycles. The number of ether oxygens (including phenoxy) is 2. The van der Waals surface area contributed by atoms with Crippen molar-refractivity contribution in [3.63, 3.8) is 0 Å². The predicted molar refractivity (Wildman–Crippen MR) is 121 cm³/mol. The number of nitrogens with one attached hydrogen (secondary N) is 1. The maximum atomic E-state index is 12.4. The fourth-order valence-electron chi connectivity index (χ4n) is 3.64. The molecule has 1 saturated heterocycles. The second-order valence-corrected chi connectivity index (χ2v) is 7.95. The Labute approximate surface area is 179 Å². The lowest BCUT2D eigenvalue weighted by Gasteiger charge is -2.32. The number of hydrogen-bond acceptors (Lipinski definition) is 4. The minimum Gasteiger partial charge on any atom is -0.493 e. The molecule has 1 aliphatic rings. The number of benzene rings is 2. The lowest BCUT2D eigenvalue weighted by Crippen LogP contribution is -2.43. The number of nitrogens with zero attached hydrogens (tertiary/aromatic N) is 1. The van der Waals surface area contributed by atoms with Crippen molar-refractivity contribution >= 4 is 12.0 Å². The van der Waals surface area contributed by atoms with Gasteiger partial charge in [-0.05, 0) is 56.0 Å². The average molecular weight is 409 g/mol. The minimum atomic E-state index is -0.0574. The number of amides is 1. The zero-order valence-electron chi connectivity index (χ0n) is 18.1. The third-order valence-electron chi connectivity index (χ3n) is 5.16. The van der Waals surface area contributed by atoms with Gasteiger partial charge in [0.25, 0.3) is 0 Å². The van der Waals surface area contributed by atoms with Crippen LogP contribution in [0.4, 0.5) is 0 Å². The molecule has 0 aromatic heterocycles. The smallest absolute Gasteiger partial charge is 0.244 e. The van der Waals surface area contributed by atoms with E-state index in [1.165, 1.54) is 5.56 Å². The molecular weight excluding hydrogens is 376 g/mol. The summed E-state index contributed by atoms with van der Waals surface area (Å²) in [6.07, 6.45) is 5.42. The van der Waals surface area contributed by atoms with Crippen LogP contribution in [0.1, 0.15) is 37.8 Å². The molecule has 0 unspecified atom stereocenters. The normalized spacial score (nSPS) is 15.5. The van der Waals surface area contributed by atoms with Crippen molar-refractivity contribution in [2.24, 2.45) is 0 Å². The Morgan fingerprint density at radius 2 is 1.87 bits per heavy atom. The van der Waals surface area contributed by atoms with Gasteiger partial charge in [-0.25, -0.2) is 0 Å². The van der Waals surface area contributed by atoms with E-state index in [1.807, 2.05) is 44.2 Å². The van der Waals surface area contributed by atoms with Crippen molar-refractivity contribution in [3.8, 4) is 11.5 Å². The van der Waals surface area contributed by atoms with E-state index < -0.39 is 0 Å². The van der Waals surface area contributed by atoms with Gasteiger partial charge in [0.2, 0.25) is 5.91 Å². The number of carbonyl (C=O) groups excluding carboxylic acids is 1. The third kappa shape index (κ3) is 6.63. The lowest BCUT2D eigenvalue weighted by atomic mass is 10.0. The summed E-state index contributed by atoms with van der Waals surface area (Å²) < 4.78 is 11.1. The van der Waals surface area contributed by atoms with Crippen LogP contribution in [0.3, 0.4) is 0 Å². The molecule has 1 N–H and O–H groups in total. The maximum absolute atomic E-state index is 12.4. The second kappa shape index (κ2) is 10.8. The summed E-state index contributed by atoms with van der Waals surface area (Å²) >= 11 is 0. The van der Waals surface area contributed by atoms with Crippen molar-refractivity contribution in [3.05, 3.63) is 65.7 Å². The third-order valence-corrected chi connectivity index (χ3v) is 5.16. The first-order chi connectivity index (χ1) is 14.5. The molecular formula is C25H32N2O3. The Hall–Kier alpha value is -2.79. The first-order valence-electron chi connectivity index (χ1n) is 10.6. The first-order valence-corrected chi connectivity index (χ1v) is 10.6. The molecule has 1 amide bonds. The Balaban J connectivity index is 1.47. The molecule has 1 fully saturated rings. The second-order valence-electron chi connectivity index (χ2n) is 7.95. The number of likely N-dealkylation sites (tertiary alicyclic amines) is 1. The van der Waals surface area contributed by atoms with Gasteiger partial charge in [-0.3, -0.25) is 9.69 Å². The van der Waals surface area contributed by atoms with Gasteiger partial charge < -0.3 is 14.8 Å². The lowest BCUT2D eigenvalue weighted by molar-refractivity contribution is -0.117. The van der Waals surface area contributed by atoms with E-state index >= 15 is 0 Å². The van der Waals surface area contributed by atoms with Gasteiger partial charge in [0.15, 0.2) is 11.5 Å². The zero-order valence-corrected chi connectivity index (χ0v) is 18.1. The van der Waals surface area contributed by atoms with Crippen LogP contribution in [0.2, 0.25) is 0 Å². The fraction of sp³-hybridized carbons (Fsp3) is 0.400. The van der Waals surface area contributed by atoms with E-state index in [1.54, 1.807) is 13.2 Å². The maximum Gasteiger partial charge on any atom is 0.244 e. The van der Waals surface area contributed by atoms with Gasteiger partial charge in [-0.15, -0.1) is 0 Å². The monoisotopic (exact) mass is 408 g/mol. The standard InChI is InChI=1S/C25H32N2O3/c1-19(2)30-23-11-9-20(17-24(23)29-3)10-12-25(28)26-22-13-15-27(16-14-22)18-21-7-5-4-6-8-21/h4-12,17,19,22H,13-16,18H2,1-3H3,(H,26,28). The van der Waals surface area contributed by atoms with Crippen molar-refractivity contribution < 1.29 is 14.3 Å². The van der Waals surface area contributed by atoms with Gasteiger partial charge >= 0.3 is 0 Å².